The number of aryl methyl sites for hydroxylation is 1. The average molecular weight is 629 g/mol. The number of sulfone groups is 1. The predicted octanol–water partition coefficient (Wildman–Crippen LogP) is 6.46. The molecule has 1 heterocycles. The number of carbonyl (C=O) groups excluding carboxylic acids is 2. The van der Waals surface area contributed by atoms with Crippen molar-refractivity contribution >= 4 is 21.7 Å². The smallest absolute Gasteiger partial charge is 0.253 e. The molecular formula is C36H37FN2O5S. The van der Waals surface area contributed by atoms with Crippen LogP contribution < -0.4 is 10.1 Å². The number of piperidine rings is 1. The number of ether oxygens (including phenoxy) is 1. The lowest BCUT2D eigenvalue weighted by molar-refractivity contribution is 0.0724. The fraction of sp³-hybridized carbons (Fsp3) is 0.278. The summed E-state index contributed by atoms with van der Waals surface area (Å²) in [5.41, 5.74) is 3.86. The van der Waals surface area contributed by atoms with E-state index in [-0.39, 0.29) is 33.8 Å². The van der Waals surface area contributed by atoms with Crippen molar-refractivity contribution in [2.45, 2.75) is 42.8 Å². The summed E-state index contributed by atoms with van der Waals surface area (Å²) < 4.78 is 46.3. The molecule has 0 saturated carbocycles. The molecule has 1 aliphatic rings. The molecule has 0 radical (unpaired) electrons. The second-order valence-corrected chi connectivity index (χ2v) is 13.2. The first kappa shape index (κ1) is 31.9. The van der Waals surface area contributed by atoms with Crippen LogP contribution in [0.2, 0.25) is 0 Å². The number of carbonyl (C=O) groups is 2. The van der Waals surface area contributed by atoms with Crippen molar-refractivity contribution < 1.29 is 27.1 Å². The molecule has 1 aliphatic heterocycles. The highest BCUT2D eigenvalue weighted by Crippen LogP contribution is 2.32. The summed E-state index contributed by atoms with van der Waals surface area (Å²) in [4.78, 5) is 27.3. The highest BCUT2D eigenvalue weighted by molar-refractivity contribution is 7.90. The molecule has 9 heteroatoms. The highest BCUT2D eigenvalue weighted by Gasteiger charge is 2.23. The Labute approximate surface area is 264 Å². The van der Waals surface area contributed by atoms with Crippen molar-refractivity contribution in [3.63, 3.8) is 0 Å². The lowest BCUT2D eigenvalue weighted by Gasteiger charge is -2.26. The predicted molar refractivity (Wildman–Crippen MR) is 173 cm³/mol. The Morgan fingerprint density at radius 3 is 2.31 bits per heavy atom. The molecule has 0 aromatic heterocycles. The summed E-state index contributed by atoms with van der Waals surface area (Å²) >= 11 is 0. The van der Waals surface area contributed by atoms with Crippen LogP contribution >= 0.6 is 0 Å². The lowest BCUT2D eigenvalue weighted by Crippen LogP contribution is -2.35. The zero-order valence-electron chi connectivity index (χ0n) is 25.3. The molecule has 4 aromatic rings. The van der Waals surface area contributed by atoms with Crippen LogP contribution in [0.5, 0.6) is 5.75 Å². The van der Waals surface area contributed by atoms with Gasteiger partial charge in [-0.05, 0) is 96.8 Å². The first-order chi connectivity index (χ1) is 21.7. The van der Waals surface area contributed by atoms with Crippen molar-refractivity contribution in [3.05, 3.63) is 119 Å². The van der Waals surface area contributed by atoms with Gasteiger partial charge in [0.25, 0.3) is 11.8 Å². The summed E-state index contributed by atoms with van der Waals surface area (Å²) in [5, 5.41) is 2.79. The third-order valence-electron chi connectivity index (χ3n) is 7.95. The highest BCUT2D eigenvalue weighted by atomic mass is 32.2. The van der Waals surface area contributed by atoms with Gasteiger partial charge in [-0.15, -0.1) is 0 Å². The minimum absolute atomic E-state index is 0.00764. The van der Waals surface area contributed by atoms with Crippen LogP contribution in [0.4, 0.5) is 4.39 Å². The van der Waals surface area contributed by atoms with Crippen molar-refractivity contribution in [3.8, 4) is 16.9 Å². The molecule has 0 aliphatic carbocycles. The van der Waals surface area contributed by atoms with Crippen molar-refractivity contribution in [2.24, 2.45) is 0 Å². The molecule has 1 saturated heterocycles. The minimum atomic E-state index is -3.81. The number of benzene rings is 4. The second kappa shape index (κ2) is 14.5. The fourth-order valence-corrected chi connectivity index (χ4v) is 7.15. The number of rotatable bonds is 11. The van der Waals surface area contributed by atoms with Gasteiger partial charge in [-0.25, -0.2) is 12.8 Å². The van der Waals surface area contributed by atoms with E-state index in [9.17, 15) is 22.4 Å². The van der Waals surface area contributed by atoms with Gasteiger partial charge in [0.1, 0.15) is 16.5 Å². The first-order valence-corrected chi connectivity index (χ1v) is 16.8. The van der Waals surface area contributed by atoms with E-state index < -0.39 is 15.7 Å². The molecule has 4 aromatic carbocycles. The van der Waals surface area contributed by atoms with E-state index in [2.05, 4.69) is 5.32 Å². The van der Waals surface area contributed by atoms with Crippen molar-refractivity contribution in [1.29, 1.82) is 0 Å². The maximum Gasteiger partial charge on any atom is 0.253 e. The van der Waals surface area contributed by atoms with Crippen molar-refractivity contribution in [2.75, 3.05) is 26.7 Å². The van der Waals surface area contributed by atoms with Crippen LogP contribution in [-0.2, 0) is 22.0 Å². The number of methoxy groups -OCH3 is 1. The molecule has 0 spiro atoms. The summed E-state index contributed by atoms with van der Waals surface area (Å²) in [6.07, 6.45) is 4.40. The average Bonchev–Trinajstić information content (AvgIpc) is 3.06. The van der Waals surface area contributed by atoms with Gasteiger partial charge in [-0.1, -0.05) is 48.5 Å². The SMILES string of the molecule is COc1ccc(-c2cccc(C(=O)N3CCCCC3)c2)cc1S(=O)(=O)Cc1cccc(CCCNC(=O)c2cccc(F)c2)c1. The monoisotopic (exact) mass is 628 g/mol. The number of amides is 2. The van der Waals surface area contributed by atoms with Crippen LogP contribution in [0, 0.1) is 5.82 Å². The molecule has 0 atom stereocenters. The third-order valence-corrected chi connectivity index (χ3v) is 9.65. The van der Waals surface area contributed by atoms with Gasteiger partial charge in [0.2, 0.25) is 0 Å². The molecular weight excluding hydrogens is 591 g/mol. The molecule has 0 bridgehead atoms. The molecule has 2 amide bonds. The fourth-order valence-electron chi connectivity index (χ4n) is 5.61. The molecule has 7 nitrogen and oxygen atoms in total. The number of halogens is 1. The van der Waals surface area contributed by atoms with Crippen LogP contribution in [-0.4, -0.2) is 51.9 Å². The van der Waals surface area contributed by atoms with E-state index in [4.69, 9.17) is 4.74 Å². The van der Waals surface area contributed by atoms with Gasteiger partial charge in [-0.2, -0.15) is 0 Å². The Hall–Kier alpha value is -4.50. The zero-order valence-corrected chi connectivity index (χ0v) is 26.1. The maximum absolute atomic E-state index is 13.7. The molecule has 1 N–H and O–H groups in total. The molecule has 234 valence electrons. The number of nitrogens with zero attached hydrogens (tertiary/aromatic N) is 1. The summed E-state index contributed by atoms with van der Waals surface area (Å²) in [6, 6.07) is 25.3. The Balaban J connectivity index is 1.27. The van der Waals surface area contributed by atoms with E-state index in [0.717, 1.165) is 43.5 Å². The maximum atomic E-state index is 13.7. The lowest BCUT2D eigenvalue weighted by atomic mass is 10.0. The standard InChI is InChI=1S/C36H37FN2O5S/c1-44-33-17-16-29(28-12-6-14-31(22-28)36(41)39-19-3-2-4-20-39)24-34(33)45(42,43)25-27-10-5-9-26(21-27)11-8-18-38-35(40)30-13-7-15-32(37)23-30/h5-7,9-10,12-17,21-24H,2-4,8,11,18-20,25H2,1H3,(H,38,40). The Kier molecular flexibility index (Phi) is 10.3. The van der Waals surface area contributed by atoms with Crippen molar-refractivity contribution in [1.82, 2.24) is 10.2 Å². The topological polar surface area (TPSA) is 92.8 Å². The van der Waals surface area contributed by atoms with E-state index in [1.54, 1.807) is 36.4 Å². The Morgan fingerprint density at radius 2 is 1.53 bits per heavy atom. The Morgan fingerprint density at radius 1 is 0.822 bits per heavy atom. The number of nitrogens with one attached hydrogen (secondary N) is 1. The first-order valence-electron chi connectivity index (χ1n) is 15.2. The molecule has 45 heavy (non-hydrogen) atoms. The van der Waals surface area contributed by atoms with Crippen LogP contribution in [0.1, 0.15) is 57.5 Å². The van der Waals surface area contributed by atoms with Gasteiger partial charge in [0.15, 0.2) is 9.84 Å². The number of likely N-dealkylation sites (tertiary alicyclic amines) is 1. The zero-order chi connectivity index (χ0) is 31.8. The molecule has 1 fully saturated rings. The van der Waals surface area contributed by atoms with E-state index >= 15 is 0 Å². The van der Waals surface area contributed by atoms with Crippen LogP contribution in [0.25, 0.3) is 11.1 Å². The third kappa shape index (κ3) is 8.16. The molecule has 0 unspecified atom stereocenters. The van der Waals surface area contributed by atoms with Gasteiger partial charge < -0.3 is 15.0 Å². The van der Waals surface area contributed by atoms with E-state index in [0.29, 0.717) is 36.1 Å². The van der Waals surface area contributed by atoms with Gasteiger partial charge in [0, 0.05) is 30.8 Å². The quantitative estimate of drug-likeness (QED) is 0.193. The normalized spacial score (nSPS) is 13.3. The van der Waals surface area contributed by atoms with E-state index in [1.165, 1.54) is 25.3 Å². The number of hydrogen-bond acceptors (Lipinski definition) is 5. The largest absolute Gasteiger partial charge is 0.495 e. The molecule has 5 rings (SSSR count). The number of hydrogen-bond donors (Lipinski definition) is 1. The Bertz CT molecular complexity index is 1780. The van der Waals surface area contributed by atoms with Gasteiger partial charge in [0.05, 0.1) is 12.9 Å². The second-order valence-electron chi connectivity index (χ2n) is 11.2. The minimum Gasteiger partial charge on any atom is -0.495 e. The van der Waals surface area contributed by atoms with E-state index in [1.807, 2.05) is 41.3 Å². The summed E-state index contributed by atoms with van der Waals surface area (Å²) in [5.74, 6) is -0.778. The summed E-state index contributed by atoms with van der Waals surface area (Å²) in [6.45, 7) is 1.90. The van der Waals surface area contributed by atoms with Crippen LogP contribution in [0.15, 0.2) is 95.9 Å². The van der Waals surface area contributed by atoms with Crippen LogP contribution in [0.3, 0.4) is 0 Å². The van der Waals surface area contributed by atoms with Gasteiger partial charge in [-0.3, -0.25) is 9.59 Å². The van der Waals surface area contributed by atoms with Gasteiger partial charge >= 0.3 is 0 Å². The summed E-state index contributed by atoms with van der Waals surface area (Å²) in [7, 11) is -2.36.